The number of aliphatic hydroxyl groups is 1. The smallest absolute Gasteiger partial charge is 0.303 e. The summed E-state index contributed by atoms with van der Waals surface area (Å²) in [5.74, 6) is -1.30. The van der Waals surface area contributed by atoms with Gasteiger partial charge < -0.3 is 33.5 Å². The summed E-state index contributed by atoms with van der Waals surface area (Å²) in [7, 11) is 1.54. The quantitative estimate of drug-likeness (QED) is 0.258. The number of hydrogen-bond donors (Lipinski definition) is 1. The van der Waals surface area contributed by atoms with Crippen molar-refractivity contribution in [2.45, 2.75) is 136 Å². The van der Waals surface area contributed by atoms with Crippen LogP contribution in [0.5, 0.6) is 0 Å². The van der Waals surface area contributed by atoms with Crippen LogP contribution in [-0.2, 0) is 42.8 Å². The Morgan fingerprint density at radius 2 is 1.33 bits per heavy atom. The Balaban J connectivity index is 1.52. The summed E-state index contributed by atoms with van der Waals surface area (Å²) < 4.78 is 37.9. The summed E-state index contributed by atoms with van der Waals surface area (Å²) in [6, 6.07) is 0. The molecule has 2 saturated heterocycles. The minimum Gasteiger partial charge on any atom is -0.458 e. The highest BCUT2D eigenvalue weighted by atomic mass is 16.9. The van der Waals surface area contributed by atoms with Crippen LogP contribution in [0.3, 0.4) is 0 Å². The standard InChI is InChI=1S/C35H50O10/c1-19(37)41-23-16-21(34(39,18-36)32(7)14-10-12-30(3,4)25(23)32)28-44-29-35(45-28)22(27(40-9)43-29)17-24(42-20(2)38)26-31(5,6)13-11-15-33(26,35)8/h16-18,23-29,39H,10-15H2,1-9H3/t23-,24-,25+,26+,27+,28+,29+,32+,33+,34-,35+/m1/s1. The van der Waals surface area contributed by atoms with Crippen LogP contribution in [0.2, 0.25) is 0 Å². The number of fused-ring (bicyclic) bond motifs is 2. The van der Waals surface area contributed by atoms with E-state index in [0.29, 0.717) is 18.3 Å². The van der Waals surface area contributed by atoms with Crippen molar-refractivity contribution >= 4 is 18.2 Å². The summed E-state index contributed by atoms with van der Waals surface area (Å²) >= 11 is 0. The molecule has 10 nitrogen and oxygen atoms in total. The van der Waals surface area contributed by atoms with Crippen LogP contribution in [0.4, 0.5) is 0 Å². The molecule has 0 aromatic carbocycles. The molecule has 10 heteroatoms. The maximum Gasteiger partial charge on any atom is 0.303 e. The van der Waals surface area contributed by atoms with Gasteiger partial charge in [0.15, 0.2) is 36.4 Å². The molecule has 11 atom stereocenters. The van der Waals surface area contributed by atoms with Crippen LogP contribution in [0.25, 0.3) is 0 Å². The number of carbonyl (C=O) groups is 3. The number of aldehydes is 1. The summed E-state index contributed by atoms with van der Waals surface area (Å²) in [5, 5.41) is 12.5. The molecule has 0 amide bonds. The van der Waals surface area contributed by atoms with Crippen molar-refractivity contribution in [1.82, 2.24) is 0 Å². The van der Waals surface area contributed by atoms with Crippen LogP contribution in [0.15, 0.2) is 23.3 Å². The van der Waals surface area contributed by atoms with E-state index in [0.717, 1.165) is 32.1 Å². The van der Waals surface area contributed by atoms with E-state index in [4.69, 9.17) is 28.4 Å². The van der Waals surface area contributed by atoms with Crippen molar-refractivity contribution in [3.05, 3.63) is 23.3 Å². The molecule has 1 spiro atoms. The maximum absolute atomic E-state index is 13.2. The third-order valence-corrected chi connectivity index (χ3v) is 12.6. The first-order chi connectivity index (χ1) is 20.9. The Morgan fingerprint density at radius 1 is 0.822 bits per heavy atom. The lowest BCUT2D eigenvalue weighted by atomic mass is 9.46. The second kappa shape index (κ2) is 10.4. The van der Waals surface area contributed by atoms with Crippen LogP contribution in [0, 0.1) is 33.5 Å². The van der Waals surface area contributed by atoms with Gasteiger partial charge in [0.2, 0.25) is 0 Å². The van der Waals surface area contributed by atoms with Gasteiger partial charge in [0.05, 0.1) is 0 Å². The average molecular weight is 631 g/mol. The molecule has 2 saturated carbocycles. The van der Waals surface area contributed by atoms with E-state index >= 15 is 0 Å². The summed E-state index contributed by atoms with van der Waals surface area (Å²) in [6.45, 7) is 15.4. The highest BCUT2D eigenvalue weighted by Crippen LogP contribution is 2.70. The largest absolute Gasteiger partial charge is 0.458 e. The third kappa shape index (κ3) is 4.34. The lowest BCUT2D eigenvalue weighted by Crippen LogP contribution is -2.66. The number of rotatable bonds is 5. The van der Waals surface area contributed by atoms with Crippen molar-refractivity contribution in [3.63, 3.8) is 0 Å². The van der Waals surface area contributed by atoms with E-state index in [9.17, 15) is 19.5 Å². The van der Waals surface area contributed by atoms with Crippen LogP contribution >= 0.6 is 0 Å². The van der Waals surface area contributed by atoms with Gasteiger partial charge in [-0.1, -0.05) is 54.4 Å². The predicted molar refractivity (Wildman–Crippen MR) is 161 cm³/mol. The molecule has 4 fully saturated rings. The zero-order chi connectivity index (χ0) is 33.0. The molecule has 2 heterocycles. The number of esters is 2. The first-order valence-electron chi connectivity index (χ1n) is 16.4. The number of carbonyl (C=O) groups excluding carboxylic acids is 3. The predicted octanol–water partition coefficient (Wildman–Crippen LogP) is 4.77. The molecular formula is C35H50O10. The van der Waals surface area contributed by atoms with E-state index in [1.807, 2.05) is 13.0 Å². The molecular weight excluding hydrogens is 580 g/mol. The van der Waals surface area contributed by atoms with Crippen molar-refractivity contribution < 1.29 is 47.9 Å². The van der Waals surface area contributed by atoms with Gasteiger partial charge in [-0.2, -0.15) is 0 Å². The topological polar surface area (TPSA) is 127 Å². The molecule has 6 rings (SSSR count). The fourth-order valence-corrected chi connectivity index (χ4v) is 11.1. The zero-order valence-electron chi connectivity index (χ0n) is 28.1. The van der Waals surface area contributed by atoms with Gasteiger partial charge in [-0.15, -0.1) is 0 Å². The molecule has 0 aromatic rings. The van der Waals surface area contributed by atoms with Crippen molar-refractivity contribution in [3.8, 4) is 0 Å². The SMILES string of the molecule is CO[C@H]1O[C@H]2O[C@H](C3=C[C@@H](OC(C)=O)[C@H]4C(C)(C)CCC[C@]4(C)[C@@]3(O)C=O)O[C@@]23C1=C[C@@H](OC(C)=O)[C@H]1C(C)(C)CCC[C@@]13C. The Kier molecular flexibility index (Phi) is 7.62. The third-order valence-electron chi connectivity index (χ3n) is 12.6. The minimum atomic E-state index is -1.96. The lowest BCUT2D eigenvalue weighted by molar-refractivity contribution is -0.214. The molecule has 1 N–H and O–H groups in total. The second-order valence-corrected chi connectivity index (χ2v) is 16.1. The fraction of sp³-hybridized carbons (Fsp3) is 0.800. The number of hydrogen-bond acceptors (Lipinski definition) is 10. The van der Waals surface area contributed by atoms with Crippen LogP contribution in [-0.4, -0.2) is 72.7 Å². The molecule has 250 valence electrons. The molecule has 45 heavy (non-hydrogen) atoms. The van der Waals surface area contributed by atoms with E-state index in [1.54, 1.807) is 13.2 Å². The zero-order valence-corrected chi connectivity index (χ0v) is 28.1. The molecule has 0 aromatic heterocycles. The molecule has 0 radical (unpaired) electrons. The van der Waals surface area contributed by atoms with Gasteiger partial charge in [0.25, 0.3) is 0 Å². The van der Waals surface area contributed by atoms with Gasteiger partial charge in [-0.05, 0) is 48.7 Å². The summed E-state index contributed by atoms with van der Waals surface area (Å²) in [6.07, 6.45) is 4.83. The minimum absolute atomic E-state index is 0.157. The second-order valence-electron chi connectivity index (χ2n) is 16.1. The molecule has 2 aliphatic heterocycles. The van der Waals surface area contributed by atoms with Gasteiger partial charge in [0.1, 0.15) is 12.2 Å². The van der Waals surface area contributed by atoms with Crippen LogP contribution < -0.4 is 0 Å². The Bertz CT molecular complexity index is 1330. The maximum atomic E-state index is 13.2. The van der Waals surface area contributed by atoms with Gasteiger partial charge in [-0.3, -0.25) is 14.4 Å². The van der Waals surface area contributed by atoms with E-state index in [2.05, 4.69) is 34.6 Å². The monoisotopic (exact) mass is 630 g/mol. The Labute approximate surface area is 266 Å². The van der Waals surface area contributed by atoms with E-state index < -0.39 is 59.1 Å². The van der Waals surface area contributed by atoms with Crippen molar-refractivity contribution in [1.29, 1.82) is 0 Å². The Hall–Kier alpha value is -2.11. The fourth-order valence-electron chi connectivity index (χ4n) is 11.1. The van der Waals surface area contributed by atoms with Crippen molar-refractivity contribution in [2.75, 3.05) is 7.11 Å². The molecule has 0 unspecified atom stereocenters. The lowest BCUT2D eigenvalue weighted by Gasteiger charge is -2.61. The van der Waals surface area contributed by atoms with Gasteiger partial charge in [0, 0.05) is 54.8 Å². The molecule has 0 bridgehead atoms. The first kappa shape index (κ1) is 32.8. The number of ether oxygens (including phenoxy) is 6. The highest BCUT2D eigenvalue weighted by molar-refractivity contribution is 5.73. The molecule has 6 aliphatic rings. The summed E-state index contributed by atoms with van der Waals surface area (Å²) in [5.41, 5.74) is -4.40. The summed E-state index contributed by atoms with van der Waals surface area (Å²) in [4.78, 5) is 38.0. The Morgan fingerprint density at radius 3 is 1.84 bits per heavy atom. The van der Waals surface area contributed by atoms with Gasteiger partial charge in [-0.25, -0.2) is 0 Å². The first-order valence-corrected chi connectivity index (χ1v) is 16.4. The van der Waals surface area contributed by atoms with Gasteiger partial charge >= 0.3 is 11.9 Å². The van der Waals surface area contributed by atoms with E-state index in [1.165, 1.54) is 13.8 Å². The van der Waals surface area contributed by atoms with E-state index in [-0.39, 0.29) is 34.2 Å². The highest BCUT2D eigenvalue weighted by Gasteiger charge is 2.77. The average Bonchev–Trinajstić information content (AvgIpc) is 3.43. The van der Waals surface area contributed by atoms with Crippen LogP contribution in [0.1, 0.15) is 93.9 Å². The number of methoxy groups -OCH3 is 1. The normalized spacial score (nSPS) is 47.6. The van der Waals surface area contributed by atoms with Crippen molar-refractivity contribution in [2.24, 2.45) is 33.5 Å². The molecule has 4 aliphatic carbocycles.